The summed E-state index contributed by atoms with van der Waals surface area (Å²) >= 11 is 0. The molecule has 0 spiro atoms. The Kier molecular flexibility index (Phi) is 5.81. The average Bonchev–Trinajstić information content (AvgIpc) is 2.69. The number of hydrogen-bond donors (Lipinski definition) is 3. The van der Waals surface area contributed by atoms with Crippen LogP contribution in [0, 0.1) is 5.82 Å². The van der Waals surface area contributed by atoms with E-state index in [-0.39, 0.29) is 11.4 Å². The number of anilines is 1. The molecule has 0 aromatic heterocycles. The zero-order valence-corrected chi connectivity index (χ0v) is 14.7. The van der Waals surface area contributed by atoms with Gasteiger partial charge in [-0.2, -0.15) is 0 Å². The maximum Gasteiger partial charge on any atom is 0.272 e. The molecule has 3 N–H and O–H groups in total. The minimum Gasteiger partial charge on any atom is -0.508 e. The minimum atomic E-state index is -0.584. The molecule has 0 radical (unpaired) electrons. The van der Waals surface area contributed by atoms with Gasteiger partial charge in [-0.3, -0.25) is 9.59 Å². The molecule has 3 aromatic carbocycles. The third-order valence-corrected chi connectivity index (χ3v) is 3.81. The van der Waals surface area contributed by atoms with Crippen LogP contribution in [0.2, 0.25) is 0 Å². The fourth-order valence-corrected chi connectivity index (χ4v) is 2.45. The number of phenols is 1. The smallest absolute Gasteiger partial charge is 0.272 e. The van der Waals surface area contributed by atoms with Crippen molar-refractivity contribution in [2.75, 3.05) is 5.32 Å². The van der Waals surface area contributed by atoms with Crippen LogP contribution >= 0.6 is 0 Å². The highest BCUT2D eigenvalue weighted by atomic mass is 19.1. The minimum absolute atomic E-state index is 0.00446. The molecule has 0 atom stereocenters. The van der Waals surface area contributed by atoms with Gasteiger partial charge in [0.2, 0.25) is 0 Å². The van der Waals surface area contributed by atoms with E-state index in [1.54, 1.807) is 42.5 Å². The number of halogens is 1. The highest BCUT2D eigenvalue weighted by molar-refractivity contribution is 6.10. The zero-order chi connectivity index (χ0) is 19.9. The van der Waals surface area contributed by atoms with Gasteiger partial charge in [0.1, 0.15) is 17.3 Å². The van der Waals surface area contributed by atoms with Crippen LogP contribution in [-0.4, -0.2) is 16.9 Å². The first-order chi connectivity index (χ1) is 13.5. The lowest BCUT2D eigenvalue weighted by atomic mass is 10.1. The van der Waals surface area contributed by atoms with Crippen molar-refractivity contribution in [1.82, 2.24) is 5.32 Å². The topological polar surface area (TPSA) is 78.4 Å². The van der Waals surface area contributed by atoms with Gasteiger partial charge in [-0.15, -0.1) is 0 Å². The first kappa shape index (κ1) is 18.8. The van der Waals surface area contributed by atoms with Crippen molar-refractivity contribution < 1.29 is 19.1 Å². The summed E-state index contributed by atoms with van der Waals surface area (Å²) in [5, 5.41) is 14.7. The quantitative estimate of drug-likeness (QED) is 0.590. The summed E-state index contributed by atoms with van der Waals surface area (Å²) in [5.74, 6) is -1.45. The van der Waals surface area contributed by atoms with Crippen molar-refractivity contribution in [1.29, 1.82) is 0 Å². The third kappa shape index (κ3) is 5.04. The normalized spacial score (nSPS) is 11.0. The largest absolute Gasteiger partial charge is 0.508 e. The van der Waals surface area contributed by atoms with Gasteiger partial charge in [-0.05, 0) is 48.0 Å². The van der Waals surface area contributed by atoms with Crippen LogP contribution in [0.4, 0.5) is 10.1 Å². The first-order valence-electron chi connectivity index (χ1n) is 8.45. The molecule has 5 nitrogen and oxygen atoms in total. The van der Waals surface area contributed by atoms with E-state index in [2.05, 4.69) is 10.6 Å². The molecule has 6 heteroatoms. The van der Waals surface area contributed by atoms with Crippen LogP contribution in [-0.2, 0) is 4.79 Å². The first-order valence-corrected chi connectivity index (χ1v) is 8.45. The molecular weight excluding hydrogens is 359 g/mol. The number of nitrogens with one attached hydrogen (secondary N) is 2. The SMILES string of the molecule is O=C(Nc1cccc(O)c1)C(=Cc1ccc(F)cc1)NC(=O)c1ccccc1. The van der Waals surface area contributed by atoms with E-state index in [1.165, 1.54) is 42.5 Å². The molecule has 0 unspecified atom stereocenters. The lowest BCUT2D eigenvalue weighted by molar-refractivity contribution is -0.113. The second-order valence-electron chi connectivity index (χ2n) is 5.93. The monoisotopic (exact) mass is 376 g/mol. The van der Waals surface area contributed by atoms with Crippen LogP contribution in [0.25, 0.3) is 6.08 Å². The molecular formula is C22H17FN2O3. The lowest BCUT2D eigenvalue weighted by Gasteiger charge is -2.11. The summed E-state index contributed by atoms with van der Waals surface area (Å²) in [4.78, 5) is 25.2. The summed E-state index contributed by atoms with van der Waals surface area (Å²) in [6.07, 6.45) is 1.44. The number of benzene rings is 3. The van der Waals surface area contributed by atoms with Crippen LogP contribution < -0.4 is 10.6 Å². The standard InChI is InChI=1S/C22H17FN2O3/c23-17-11-9-15(10-12-17)13-20(25-21(27)16-5-2-1-3-6-16)22(28)24-18-7-4-8-19(26)14-18/h1-14,26H,(H,24,28)(H,25,27). The fraction of sp³-hybridized carbons (Fsp3) is 0. The molecule has 0 aliphatic heterocycles. The summed E-state index contributed by atoms with van der Waals surface area (Å²) in [5.41, 5.74) is 1.27. The predicted molar refractivity (Wildman–Crippen MR) is 105 cm³/mol. The van der Waals surface area contributed by atoms with Gasteiger partial charge in [-0.25, -0.2) is 4.39 Å². The van der Waals surface area contributed by atoms with Gasteiger partial charge in [-0.1, -0.05) is 36.4 Å². The number of phenolic OH excluding ortho intramolecular Hbond substituents is 1. The van der Waals surface area contributed by atoms with E-state index in [0.29, 0.717) is 16.8 Å². The molecule has 28 heavy (non-hydrogen) atoms. The molecule has 3 aromatic rings. The highest BCUT2D eigenvalue weighted by Crippen LogP contribution is 2.17. The molecule has 0 saturated carbocycles. The van der Waals surface area contributed by atoms with E-state index in [9.17, 15) is 19.1 Å². The van der Waals surface area contributed by atoms with Crippen LogP contribution in [0.1, 0.15) is 15.9 Å². The number of carbonyl (C=O) groups excluding carboxylic acids is 2. The van der Waals surface area contributed by atoms with Gasteiger partial charge in [0.05, 0.1) is 0 Å². The van der Waals surface area contributed by atoms with Gasteiger partial charge < -0.3 is 15.7 Å². The van der Waals surface area contributed by atoms with Crippen LogP contribution in [0.5, 0.6) is 5.75 Å². The number of carbonyl (C=O) groups is 2. The van der Waals surface area contributed by atoms with Crippen molar-refractivity contribution in [3.8, 4) is 5.75 Å². The fourth-order valence-electron chi connectivity index (χ4n) is 2.45. The second kappa shape index (κ2) is 8.64. The van der Waals surface area contributed by atoms with Crippen molar-refractivity contribution in [2.45, 2.75) is 0 Å². The molecule has 0 fully saturated rings. The van der Waals surface area contributed by atoms with E-state index in [4.69, 9.17) is 0 Å². The molecule has 0 aliphatic carbocycles. The van der Waals surface area contributed by atoms with Crippen LogP contribution in [0.3, 0.4) is 0 Å². The highest BCUT2D eigenvalue weighted by Gasteiger charge is 2.15. The van der Waals surface area contributed by atoms with Crippen molar-refractivity contribution in [2.24, 2.45) is 0 Å². The molecule has 0 heterocycles. The van der Waals surface area contributed by atoms with Gasteiger partial charge in [0.25, 0.3) is 11.8 Å². The zero-order valence-electron chi connectivity index (χ0n) is 14.7. The Morgan fingerprint density at radius 1 is 0.893 bits per heavy atom. The van der Waals surface area contributed by atoms with E-state index in [1.807, 2.05) is 0 Å². The lowest BCUT2D eigenvalue weighted by Crippen LogP contribution is -2.30. The van der Waals surface area contributed by atoms with E-state index in [0.717, 1.165) is 0 Å². The summed E-state index contributed by atoms with van der Waals surface area (Å²) in [6, 6.07) is 20.0. The maximum atomic E-state index is 13.1. The second-order valence-corrected chi connectivity index (χ2v) is 5.93. The summed E-state index contributed by atoms with van der Waals surface area (Å²) < 4.78 is 13.1. The van der Waals surface area contributed by atoms with E-state index < -0.39 is 17.6 Å². The van der Waals surface area contributed by atoms with Crippen LogP contribution in [0.15, 0.2) is 84.6 Å². The Hall–Kier alpha value is -3.93. The number of hydrogen-bond acceptors (Lipinski definition) is 3. The molecule has 140 valence electrons. The average molecular weight is 376 g/mol. The third-order valence-electron chi connectivity index (χ3n) is 3.81. The Balaban J connectivity index is 1.88. The summed E-state index contributed by atoms with van der Waals surface area (Å²) in [6.45, 7) is 0. The number of amides is 2. The van der Waals surface area contributed by atoms with Crippen molar-refractivity contribution in [3.05, 3.63) is 102 Å². The van der Waals surface area contributed by atoms with Gasteiger partial charge in [0.15, 0.2) is 0 Å². The molecule has 3 rings (SSSR count). The van der Waals surface area contributed by atoms with Gasteiger partial charge >= 0.3 is 0 Å². The summed E-state index contributed by atoms with van der Waals surface area (Å²) in [7, 11) is 0. The predicted octanol–water partition coefficient (Wildman–Crippen LogP) is 3.94. The number of rotatable bonds is 5. The van der Waals surface area contributed by atoms with Gasteiger partial charge in [0, 0.05) is 17.3 Å². The Bertz CT molecular complexity index is 1020. The molecule has 0 saturated heterocycles. The molecule has 0 aliphatic rings. The maximum absolute atomic E-state index is 13.1. The van der Waals surface area contributed by atoms with E-state index >= 15 is 0 Å². The molecule has 0 bridgehead atoms. The van der Waals surface area contributed by atoms with Crippen molar-refractivity contribution in [3.63, 3.8) is 0 Å². The molecule has 2 amide bonds. The Morgan fingerprint density at radius 3 is 2.29 bits per heavy atom. The Morgan fingerprint density at radius 2 is 1.61 bits per heavy atom. The van der Waals surface area contributed by atoms with Crippen molar-refractivity contribution >= 4 is 23.6 Å². The number of aromatic hydroxyl groups is 1. The Labute approximate surface area is 161 Å².